The molecule has 98 valence electrons. The van der Waals surface area contributed by atoms with Gasteiger partial charge >= 0.3 is 0 Å². The minimum atomic E-state index is 0.534. The highest BCUT2D eigenvalue weighted by Crippen LogP contribution is 2.33. The number of aliphatic imine (C=N–C) groups is 1. The van der Waals surface area contributed by atoms with Gasteiger partial charge in [0.2, 0.25) is 0 Å². The van der Waals surface area contributed by atoms with Crippen LogP contribution < -0.4 is 4.74 Å². The highest BCUT2D eigenvalue weighted by atomic mass is 35.5. The van der Waals surface area contributed by atoms with E-state index in [2.05, 4.69) is 28.6 Å². The third-order valence-electron chi connectivity index (χ3n) is 3.36. The topological polar surface area (TPSA) is 24.8 Å². The van der Waals surface area contributed by atoms with Crippen molar-refractivity contribution >= 4 is 22.5 Å². The van der Waals surface area contributed by atoms with Gasteiger partial charge in [-0.1, -0.05) is 24.3 Å². The van der Waals surface area contributed by atoms with Gasteiger partial charge < -0.3 is 9.64 Å². The molecular formula is C15H15ClN2O. The zero-order chi connectivity index (χ0) is 13.2. The molecule has 2 aliphatic rings. The van der Waals surface area contributed by atoms with Crippen molar-refractivity contribution < 1.29 is 4.74 Å². The van der Waals surface area contributed by atoms with E-state index in [0.717, 1.165) is 24.4 Å². The van der Waals surface area contributed by atoms with Gasteiger partial charge in [0, 0.05) is 17.8 Å². The van der Waals surface area contributed by atoms with Crippen LogP contribution in [-0.2, 0) is 6.42 Å². The van der Waals surface area contributed by atoms with E-state index in [4.69, 9.17) is 16.3 Å². The maximum Gasteiger partial charge on any atom is 0.127 e. The summed E-state index contributed by atoms with van der Waals surface area (Å²) in [6.07, 6.45) is 4.69. The average Bonchev–Trinajstić information content (AvgIpc) is 2.44. The number of halogens is 1. The molecule has 4 heteroatoms. The van der Waals surface area contributed by atoms with Gasteiger partial charge in [-0.05, 0) is 36.3 Å². The van der Waals surface area contributed by atoms with Crippen molar-refractivity contribution in [2.75, 3.05) is 19.8 Å². The predicted molar refractivity (Wildman–Crippen MR) is 78.7 cm³/mol. The fourth-order valence-corrected chi connectivity index (χ4v) is 2.60. The molecule has 1 aromatic carbocycles. The molecule has 1 aromatic rings. The van der Waals surface area contributed by atoms with Crippen molar-refractivity contribution in [1.82, 2.24) is 4.90 Å². The van der Waals surface area contributed by atoms with Crippen molar-refractivity contribution in [2.24, 2.45) is 4.99 Å². The van der Waals surface area contributed by atoms with Crippen LogP contribution in [0.4, 0.5) is 0 Å². The van der Waals surface area contributed by atoms with Crippen LogP contribution in [-0.4, -0.2) is 29.9 Å². The molecule has 0 N–H and O–H groups in total. The van der Waals surface area contributed by atoms with E-state index in [1.807, 2.05) is 12.1 Å². The van der Waals surface area contributed by atoms with E-state index in [1.165, 1.54) is 11.1 Å². The molecule has 0 fully saturated rings. The van der Waals surface area contributed by atoms with E-state index in [9.17, 15) is 0 Å². The molecule has 0 amide bonds. The molecule has 0 unspecified atom stereocenters. The Kier molecular flexibility index (Phi) is 3.30. The zero-order valence-electron chi connectivity index (χ0n) is 10.6. The Morgan fingerprint density at radius 1 is 1.47 bits per heavy atom. The summed E-state index contributed by atoms with van der Waals surface area (Å²) in [6.45, 7) is 5.81. The Bertz CT molecular complexity index is 578. The number of rotatable bonds is 3. The first-order valence-electron chi connectivity index (χ1n) is 6.31. The van der Waals surface area contributed by atoms with Crippen LogP contribution in [0.2, 0.25) is 0 Å². The minimum Gasteiger partial charge on any atom is -0.490 e. The van der Waals surface area contributed by atoms with Gasteiger partial charge in [0.1, 0.15) is 24.2 Å². The number of hydrogen-bond acceptors (Lipinski definition) is 3. The maximum absolute atomic E-state index is 6.01. The molecule has 3 rings (SSSR count). The lowest BCUT2D eigenvalue weighted by atomic mass is 9.96. The number of ether oxygens (including phenoxy) is 1. The van der Waals surface area contributed by atoms with Crippen LogP contribution in [0.1, 0.15) is 11.1 Å². The molecule has 0 bridgehead atoms. The van der Waals surface area contributed by atoms with Gasteiger partial charge in [-0.25, -0.2) is 0 Å². The van der Waals surface area contributed by atoms with Crippen molar-refractivity contribution in [3.05, 3.63) is 48.1 Å². The molecule has 0 aromatic heterocycles. The highest BCUT2D eigenvalue weighted by molar-refractivity contribution is 6.69. The fourth-order valence-electron chi connectivity index (χ4n) is 2.45. The van der Waals surface area contributed by atoms with Crippen LogP contribution in [0, 0.1) is 0 Å². The third-order valence-corrected chi connectivity index (χ3v) is 3.59. The Balaban J connectivity index is 1.95. The number of fused-ring (bicyclic) bond motifs is 3. The van der Waals surface area contributed by atoms with E-state index in [-0.39, 0.29) is 0 Å². The van der Waals surface area contributed by atoms with Gasteiger partial charge in [-0.2, -0.15) is 0 Å². The summed E-state index contributed by atoms with van der Waals surface area (Å²) in [5, 5.41) is 0.575. The van der Waals surface area contributed by atoms with Crippen LogP contribution in [0.3, 0.4) is 0 Å². The molecule has 2 heterocycles. The Labute approximate surface area is 117 Å². The molecule has 2 aliphatic heterocycles. The SMILES string of the molecule is C=CCOc1ccc2c(c1)CCN1CN=C(Cl)C=C21. The first-order valence-corrected chi connectivity index (χ1v) is 6.69. The van der Waals surface area contributed by atoms with Crippen molar-refractivity contribution in [3.8, 4) is 5.75 Å². The summed E-state index contributed by atoms with van der Waals surface area (Å²) >= 11 is 6.01. The number of nitrogens with zero attached hydrogens (tertiary/aromatic N) is 2. The summed E-state index contributed by atoms with van der Waals surface area (Å²) in [4.78, 5) is 6.49. The Morgan fingerprint density at radius 3 is 3.21 bits per heavy atom. The smallest absolute Gasteiger partial charge is 0.127 e. The second kappa shape index (κ2) is 5.10. The van der Waals surface area contributed by atoms with E-state index < -0.39 is 0 Å². The summed E-state index contributed by atoms with van der Waals surface area (Å²) in [5.41, 5.74) is 3.69. The number of benzene rings is 1. The molecule has 0 radical (unpaired) electrons. The average molecular weight is 275 g/mol. The Hall–Kier alpha value is -1.74. The van der Waals surface area contributed by atoms with E-state index in [1.54, 1.807) is 6.08 Å². The van der Waals surface area contributed by atoms with Crippen LogP contribution in [0.15, 0.2) is 41.9 Å². The number of allylic oxidation sites excluding steroid dienone is 1. The van der Waals surface area contributed by atoms with Gasteiger partial charge in [0.25, 0.3) is 0 Å². The first-order chi connectivity index (χ1) is 9.28. The summed E-state index contributed by atoms with van der Waals surface area (Å²) in [6, 6.07) is 6.20. The normalized spacial score (nSPS) is 17.0. The maximum atomic E-state index is 6.01. The van der Waals surface area contributed by atoms with Crippen LogP contribution >= 0.6 is 11.6 Å². The molecular weight excluding hydrogens is 260 g/mol. The molecule has 19 heavy (non-hydrogen) atoms. The molecule has 0 atom stereocenters. The quantitative estimate of drug-likeness (QED) is 0.792. The molecule has 3 nitrogen and oxygen atoms in total. The zero-order valence-corrected chi connectivity index (χ0v) is 11.4. The van der Waals surface area contributed by atoms with Crippen molar-refractivity contribution in [3.63, 3.8) is 0 Å². The Morgan fingerprint density at radius 2 is 2.37 bits per heavy atom. The van der Waals surface area contributed by atoms with E-state index in [0.29, 0.717) is 18.4 Å². The van der Waals surface area contributed by atoms with Gasteiger partial charge in [-0.3, -0.25) is 4.99 Å². The summed E-state index contributed by atoms with van der Waals surface area (Å²) < 4.78 is 5.58. The summed E-state index contributed by atoms with van der Waals surface area (Å²) in [7, 11) is 0. The molecule has 0 saturated heterocycles. The third kappa shape index (κ3) is 2.38. The lowest BCUT2D eigenvalue weighted by Gasteiger charge is -2.34. The van der Waals surface area contributed by atoms with Crippen LogP contribution in [0.25, 0.3) is 5.70 Å². The second-order valence-corrected chi connectivity index (χ2v) is 4.97. The fraction of sp³-hybridized carbons (Fsp3) is 0.267. The minimum absolute atomic E-state index is 0.534. The van der Waals surface area contributed by atoms with Gasteiger partial charge in [0.15, 0.2) is 0 Å². The largest absolute Gasteiger partial charge is 0.490 e. The second-order valence-electron chi connectivity index (χ2n) is 4.58. The van der Waals surface area contributed by atoms with E-state index >= 15 is 0 Å². The lowest BCUT2D eigenvalue weighted by Crippen LogP contribution is -2.32. The highest BCUT2D eigenvalue weighted by Gasteiger charge is 2.23. The van der Waals surface area contributed by atoms with Crippen molar-refractivity contribution in [2.45, 2.75) is 6.42 Å². The number of hydrogen-bond donors (Lipinski definition) is 0. The standard InChI is InChI=1S/C15H15ClN2O/c1-2-7-19-12-3-4-13-11(8-12)5-6-18-10-17-15(16)9-14(13)18/h2-4,8-9H,1,5-7,10H2. The van der Waals surface area contributed by atoms with Gasteiger partial charge in [-0.15, -0.1) is 0 Å². The first kappa shape index (κ1) is 12.3. The monoisotopic (exact) mass is 274 g/mol. The lowest BCUT2D eigenvalue weighted by molar-refractivity contribution is 0.361. The van der Waals surface area contributed by atoms with Gasteiger partial charge in [0.05, 0.1) is 0 Å². The van der Waals surface area contributed by atoms with Crippen molar-refractivity contribution in [1.29, 1.82) is 0 Å². The predicted octanol–water partition coefficient (Wildman–Crippen LogP) is 3.06. The molecule has 0 saturated carbocycles. The summed E-state index contributed by atoms with van der Waals surface area (Å²) in [5.74, 6) is 0.892. The molecule has 0 aliphatic carbocycles. The molecule has 0 spiro atoms. The van der Waals surface area contributed by atoms with Crippen LogP contribution in [0.5, 0.6) is 5.75 Å².